The van der Waals surface area contributed by atoms with E-state index in [1.807, 2.05) is 0 Å². The van der Waals surface area contributed by atoms with E-state index in [2.05, 4.69) is 6.08 Å². The Morgan fingerprint density at radius 1 is 1.88 bits per heavy atom. The highest BCUT2D eigenvalue weighted by molar-refractivity contribution is 5.09. The van der Waals surface area contributed by atoms with Crippen molar-refractivity contribution < 1.29 is 9.84 Å². The second-order valence-corrected chi connectivity index (χ2v) is 1.61. The molecule has 0 fully saturated rings. The van der Waals surface area contributed by atoms with Crippen LogP contribution in [0.2, 0.25) is 0 Å². The van der Waals surface area contributed by atoms with Crippen LogP contribution >= 0.6 is 0 Å². The van der Waals surface area contributed by atoms with Gasteiger partial charge in [-0.3, -0.25) is 0 Å². The monoisotopic (exact) mass is 111 g/mol. The molecule has 1 aliphatic rings. The van der Waals surface area contributed by atoms with Gasteiger partial charge in [-0.2, -0.15) is 0 Å². The summed E-state index contributed by atoms with van der Waals surface area (Å²) in [4.78, 5) is 0. The zero-order valence-electron chi connectivity index (χ0n) is 4.59. The van der Waals surface area contributed by atoms with Crippen molar-refractivity contribution in [3.8, 4) is 0 Å². The van der Waals surface area contributed by atoms with E-state index in [4.69, 9.17) is 9.84 Å². The Morgan fingerprint density at radius 2 is 2.62 bits per heavy atom. The minimum Gasteiger partial charge on any atom is -0.507 e. The Morgan fingerprint density at radius 3 is 3.00 bits per heavy atom. The van der Waals surface area contributed by atoms with Crippen molar-refractivity contribution in [2.75, 3.05) is 0 Å². The molecule has 1 N–H and O–H groups in total. The summed E-state index contributed by atoms with van der Waals surface area (Å²) in [5, 5.41) is 8.72. The van der Waals surface area contributed by atoms with Crippen LogP contribution < -0.4 is 0 Å². The van der Waals surface area contributed by atoms with Gasteiger partial charge in [-0.05, 0) is 6.92 Å². The predicted octanol–water partition coefficient (Wildman–Crippen LogP) is 1.16. The van der Waals surface area contributed by atoms with E-state index >= 15 is 0 Å². The summed E-state index contributed by atoms with van der Waals surface area (Å²) >= 11 is 0. The standard InChI is InChI=1S/C6H7O2/c1-5-4-6(7)2-3-8-5/h2-3,5,7H,1H3. The quantitative estimate of drug-likeness (QED) is 0.508. The van der Waals surface area contributed by atoms with Crippen LogP contribution in [0.25, 0.3) is 0 Å². The van der Waals surface area contributed by atoms with Gasteiger partial charge in [-0.15, -0.1) is 0 Å². The summed E-state index contributed by atoms with van der Waals surface area (Å²) in [7, 11) is 0. The summed E-state index contributed by atoms with van der Waals surface area (Å²) in [5.41, 5.74) is 0. The largest absolute Gasteiger partial charge is 0.507 e. The third-order valence-electron chi connectivity index (χ3n) is 0.860. The lowest BCUT2D eigenvalue weighted by molar-refractivity contribution is 0.183. The maximum atomic E-state index is 8.72. The molecule has 1 heterocycles. The van der Waals surface area contributed by atoms with Gasteiger partial charge in [0.2, 0.25) is 0 Å². The van der Waals surface area contributed by atoms with Gasteiger partial charge >= 0.3 is 0 Å². The molecule has 0 amide bonds. The molecule has 2 heteroatoms. The molecule has 1 rings (SSSR count). The summed E-state index contributed by atoms with van der Waals surface area (Å²) < 4.78 is 4.88. The van der Waals surface area contributed by atoms with Crippen LogP contribution in [0.3, 0.4) is 0 Å². The highest BCUT2D eigenvalue weighted by Crippen LogP contribution is 2.03. The molecule has 1 atom stereocenters. The van der Waals surface area contributed by atoms with E-state index < -0.39 is 0 Å². The predicted molar refractivity (Wildman–Crippen MR) is 29.1 cm³/mol. The number of hydrogen-bond donors (Lipinski definition) is 1. The fourth-order valence-corrected chi connectivity index (χ4v) is 0.512. The van der Waals surface area contributed by atoms with Gasteiger partial charge in [0.1, 0.15) is 11.9 Å². The maximum absolute atomic E-state index is 8.72. The maximum Gasteiger partial charge on any atom is 0.126 e. The van der Waals surface area contributed by atoms with Gasteiger partial charge in [0, 0.05) is 12.2 Å². The number of aliphatic hydroxyl groups is 1. The van der Waals surface area contributed by atoms with Crippen LogP contribution in [-0.4, -0.2) is 11.2 Å². The molecule has 2 nitrogen and oxygen atoms in total. The summed E-state index contributed by atoms with van der Waals surface area (Å²) in [6.07, 6.45) is 5.44. The molecule has 0 saturated heterocycles. The molecule has 0 saturated carbocycles. The fraction of sp³-hybridized carbons (Fsp3) is 0.333. The number of ether oxygens (including phenoxy) is 1. The lowest BCUT2D eigenvalue weighted by atomic mass is 10.3. The van der Waals surface area contributed by atoms with Gasteiger partial charge in [0.15, 0.2) is 0 Å². The third kappa shape index (κ3) is 1.03. The smallest absolute Gasteiger partial charge is 0.126 e. The van der Waals surface area contributed by atoms with Gasteiger partial charge in [0.25, 0.3) is 0 Å². The second-order valence-electron chi connectivity index (χ2n) is 1.61. The Hall–Kier alpha value is -0.920. The van der Waals surface area contributed by atoms with Crippen molar-refractivity contribution in [1.29, 1.82) is 0 Å². The average molecular weight is 111 g/mol. The third-order valence-corrected chi connectivity index (χ3v) is 0.860. The normalized spacial score (nSPS) is 26.6. The molecular weight excluding hydrogens is 104 g/mol. The van der Waals surface area contributed by atoms with Crippen molar-refractivity contribution in [1.82, 2.24) is 0 Å². The van der Waals surface area contributed by atoms with Crippen LogP contribution in [0.15, 0.2) is 18.1 Å². The number of aliphatic hydroxyl groups excluding tert-OH is 1. The van der Waals surface area contributed by atoms with Crippen molar-refractivity contribution in [2.24, 2.45) is 0 Å². The topological polar surface area (TPSA) is 29.5 Å². The van der Waals surface area contributed by atoms with Gasteiger partial charge in [0.05, 0.1) is 6.26 Å². The zero-order valence-corrected chi connectivity index (χ0v) is 4.59. The Kier molecular flexibility index (Phi) is 1.24. The van der Waals surface area contributed by atoms with Crippen molar-refractivity contribution in [2.45, 2.75) is 13.0 Å². The van der Waals surface area contributed by atoms with Crippen LogP contribution in [0, 0.1) is 6.08 Å². The van der Waals surface area contributed by atoms with Crippen LogP contribution in [0.5, 0.6) is 0 Å². The first-order chi connectivity index (χ1) is 3.79. The lowest BCUT2D eigenvalue weighted by Crippen LogP contribution is -2.04. The van der Waals surface area contributed by atoms with E-state index in [-0.39, 0.29) is 11.9 Å². The van der Waals surface area contributed by atoms with Crippen LogP contribution in [0.1, 0.15) is 6.92 Å². The first kappa shape index (κ1) is 5.22. The summed E-state index contributed by atoms with van der Waals surface area (Å²) in [6, 6.07) is 0. The Balaban J connectivity index is 2.63. The Bertz CT molecular complexity index is 135. The fourth-order valence-electron chi connectivity index (χ4n) is 0.512. The lowest BCUT2D eigenvalue weighted by Gasteiger charge is -2.08. The summed E-state index contributed by atoms with van der Waals surface area (Å²) in [6.45, 7) is 1.81. The first-order valence-corrected chi connectivity index (χ1v) is 2.43. The number of hydrogen-bond acceptors (Lipinski definition) is 2. The molecule has 0 aromatic carbocycles. The zero-order chi connectivity index (χ0) is 5.98. The van der Waals surface area contributed by atoms with E-state index in [0.717, 1.165) is 0 Å². The van der Waals surface area contributed by atoms with Gasteiger partial charge < -0.3 is 9.84 Å². The highest BCUT2D eigenvalue weighted by Gasteiger charge is 2.01. The molecule has 43 valence electrons. The van der Waals surface area contributed by atoms with Crippen molar-refractivity contribution in [3.63, 3.8) is 0 Å². The molecule has 8 heavy (non-hydrogen) atoms. The molecule has 0 aliphatic carbocycles. The van der Waals surface area contributed by atoms with E-state index in [9.17, 15) is 0 Å². The second kappa shape index (κ2) is 1.90. The van der Waals surface area contributed by atoms with Crippen molar-refractivity contribution in [3.05, 3.63) is 24.2 Å². The molecule has 1 unspecified atom stereocenters. The minimum absolute atomic E-state index is 0.111. The number of allylic oxidation sites excluding steroid dienone is 1. The molecule has 0 aromatic heterocycles. The molecule has 0 bridgehead atoms. The molecule has 0 aromatic rings. The number of rotatable bonds is 0. The van der Waals surface area contributed by atoms with Gasteiger partial charge in [-0.25, -0.2) is 0 Å². The molecule has 0 spiro atoms. The van der Waals surface area contributed by atoms with E-state index in [1.54, 1.807) is 6.92 Å². The Labute approximate surface area is 48.1 Å². The van der Waals surface area contributed by atoms with E-state index in [1.165, 1.54) is 12.3 Å². The SMILES string of the molecule is CC1[C]=C(O)C=CO1. The highest BCUT2D eigenvalue weighted by atomic mass is 16.5. The average Bonchev–Trinajstić information content (AvgIpc) is 1.64. The first-order valence-electron chi connectivity index (χ1n) is 2.43. The molecule has 1 radical (unpaired) electrons. The van der Waals surface area contributed by atoms with E-state index in [0.29, 0.717) is 0 Å². The minimum atomic E-state index is -0.111. The molecular formula is C6H7O2. The van der Waals surface area contributed by atoms with Crippen LogP contribution in [-0.2, 0) is 4.74 Å². The molecule has 1 aliphatic heterocycles. The van der Waals surface area contributed by atoms with Crippen molar-refractivity contribution >= 4 is 0 Å². The summed E-state index contributed by atoms with van der Waals surface area (Å²) in [5.74, 6) is 0.156. The van der Waals surface area contributed by atoms with Gasteiger partial charge in [-0.1, -0.05) is 0 Å². The van der Waals surface area contributed by atoms with Crippen LogP contribution in [0.4, 0.5) is 0 Å².